The Labute approximate surface area is 144 Å². The number of ether oxygens (including phenoxy) is 3. The van der Waals surface area contributed by atoms with E-state index in [4.69, 9.17) is 14.2 Å². The quantitative estimate of drug-likeness (QED) is 0.813. The zero-order valence-electron chi connectivity index (χ0n) is 13.9. The van der Waals surface area contributed by atoms with E-state index in [-0.39, 0.29) is 6.79 Å². The predicted octanol–water partition coefficient (Wildman–Crippen LogP) is 2.64. The van der Waals surface area contributed by atoms with Gasteiger partial charge in [0.1, 0.15) is 0 Å². The SMILES string of the molecule is CNc1ccccc1C(=O)O[C@@H](C)C(=O)Nc1ccc2c(c1)OCO2. The molecule has 25 heavy (non-hydrogen) atoms. The number of carbonyl (C=O) groups is 2. The molecule has 0 fully saturated rings. The summed E-state index contributed by atoms with van der Waals surface area (Å²) in [5, 5.41) is 5.61. The van der Waals surface area contributed by atoms with E-state index in [0.717, 1.165) is 0 Å². The molecular formula is C18H18N2O5. The number of benzene rings is 2. The lowest BCUT2D eigenvalue weighted by Crippen LogP contribution is -2.30. The molecular weight excluding hydrogens is 324 g/mol. The van der Waals surface area contributed by atoms with E-state index >= 15 is 0 Å². The summed E-state index contributed by atoms with van der Waals surface area (Å²) in [5.74, 6) is 0.180. The largest absolute Gasteiger partial charge is 0.454 e. The summed E-state index contributed by atoms with van der Waals surface area (Å²) in [6.45, 7) is 1.67. The lowest BCUT2D eigenvalue weighted by molar-refractivity contribution is -0.123. The van der Waals surface area contributed by atoms with Gasteiger partial charge >= 0.3 is 5.97 Å². The van der Waals surface area contributed by atoms with Gasteiger partial charge in [-0.2, -0.15) is 0 Å². The molecule has 0 unspecified atom stereocenters. The third-order valence-electron chi connectivity index (χ3n) is 3.71. The van der Waals surface area contributed by atoms with Crippen LogP contribution in [0.1, 0.15) is 17.3 Å². The van der Waals surface area contributed by atoms with Gasteiger partial charge in [-0.25, -0.2) is 4.79 Å². The van der Waals surface area contributed by atoms with E-state index in [1.165, 1.54) is 6.92 Å². The first-order chi connectivity index (χ1) is 12.1. The summed E-state index contributed by atoms with van der Waals surface area (Å²) in [4.78, 5) is 24.5. The van der Waals surface area contributed by atoms with E-state index in [1.54, 1.807) is 49.5 Å². The molecule has 2 N–H and O–H groups in total. The summed E-state index contributed by atoms with van der Waals surface area (Å²) in [5.41, 5.74) is 1.54. The molecule has 0 aromatic heterocycles. The van der Waals surface area contributed by atoms with Crippen LogP contribution in [0.5, 0.6) is 11.5 Å². The maximum Gasteiger partial charge on any atom is 0.341 e. The fraction of sp³-hybridized carbons (Fsp3) is 0.222. The van der Waals surface area contributed by atoms with Crippen LogP contribution in [0.2, 0.25) is 0 Å². The molecule has 7 nitrogen and oxygen atoms in total. The van der Waals surface area contributed by atoms with Gasteiger partial charge in [-0.1, -0.05) is 12.1 Å². The molecule has 0 radical (unpaired) electrons. The molecule has 7 heteroatoms. The topological polar surface area (TPSA) is 85.9 Å². The molecule has 0 saturated carbocycles. The number of amides is 1. The van der Waals surface area contributed by atoms with Crippen molar-refractivity contribution < 1.29 is 23.8 Å². The number of carbonyl (C=O) groups excluding carboxylic acids is 2. The molecule has 1 aliphatic heterocycles. The van der Waals surface area contributed by atoms with Crippen LogP contribution in [-0.4, -0.2) is 31.8 Å². The van der Waals surface area contributed by atoms with Crippen LogP contribution >= 0.6 is 0 Å². The first-order valence-electron chi connectivity index (χ1n) is 7.77. The molecule has 1 amide bonds. The Morgan fingerprint density at radius 3 is 2.68 bits per heavy atom. The third-order valence-corrected chi connectivity index (χ3v) is 3.71. The standard InChI is InChI=1S/C18H18N2O5/c1-11(25-18(22)13-5-3-4-6-14(13)19-2)17(21)20-12-7-8-15-16(9-12)24-10-23-15/h3-9,11,19H,10H2,1-2H3,(H,20,21)/t11-/m0/s1. The van der Waals surface area contributed by atoms with Crippen LogP contribution in [0, 0.1) is 0 Å². The van der Waals surface area contributed by atoms with Crippen molar-refractivity contribution in [2.24, 2.45) is 0 Å². The number of hydrogen-bond donors (Lipinski definition) is 2. The van der Waals surface area contributed by atoms with Crippen molar-refractivity contribution >= 4 is 23.3 Å². The molecule has 3 rings (SSSR count). The zero-order valence-corrected chi connectivity index (χ0v) is 13.9. The van der Waals surface area contributed by atoms with Crippen molar-refractivity contribution in [3.05, 3.63) is 48.0 Å². The Kier molecular flexibility index (Phi) is 4.74. The van der Waals surface area contributed by atoms with Crippen molar-refractivity contribution in [1.82, 2.24) is 0 Å². The molecule has 1 aliphatic rings. The van der Waals surface area contributed by atoms with Gasteiger partial charge in [0.05, 0.1) is 5.56 Å². The third kappa shape index (κ3) is 3.65. The molecule has 2 aromatic rings. The van der Waals surface area contributed by atoms with Gasteiger partial charge in [-0.3, -0.25) is 4.79 Å². The van der Waals surface area contributed by atoms with Crippen molar-refractivity contribution in [1.29, 1.82) is 0 Å². The van der Waals surface area contributed by atoms with Crippen LogP contribution in [0.3, 0.4) is 0 Å². The Morgan fingerprint density at radius 1 is 1.12 bits per heavy atom. The fourth-order valence-electron chi connectivity index (χ4n) is 2.37. The Morgan fingerprint density at radius 2 is 1.88 bits per heavy atom. The smallest absolute Gasteiger partial charge is 0.341 e. The van der Waals surface area contributed by atoms with Gasteiger partial charge in [0, 0.05) is 24.5 Å². The van der Waals surface area contributed by atoms with Crippen LogP contribution in [0.15, 0.2) is 42.5 Å². The lowest BCUT2D eigenvalue weighted by atomic mass is 10.2. The minimum atomic E-state index is -0.956. The second kappa shape index (κ2) is 7.12. The molecule has 0 spiro atoms. The second-order valence-electron chi connectivity index (χ2n) is 5.40. The van der Waals surface area contributed by atoms with E-state index in [9.17, 15) is 9.59 Å². The van der Waals surface area contributed by atoms with Gasteiger partial charge in [-0.15, -0.1) is 0 Å². The molecule has 0 bridgehead atoms. The first-order valence-corrected chi connectivity index (χ1v) is 7.77. The van der Waals surface area contributed by atoms with Crippen LogP contribution < -0.4 is 20.1 Å². The van der Waals surface area contributed by atoms with Gasteiger partial charge in [0.2, 0.25) is 6.79 Å². The highest BCUT2D eigenvalue weighted by Crippen LogP contribution is 2.34. The van der Waals surface area contributed by atoms with Crippen molar-refractivity contribution in [3.63, 3.8) is 0 Å². The highest BCUT2D eigenvalue weighted by Gasteiger charge is 2.21. The average molecular weight is 342 g/mol. The first kappa shape index (κ1) is 16.6. The number of anilines is 2. The van der Waals surface area contributed by atoms with Crippen molar-refractivity contribution in [3.8, 4) is 11.5 Å². The monoisotopic (exact) mass is 342 g/mol. The number of hydrogen-bond acceptors (Lipinski definition) is 6. The lowest BCUT2D eigenvalue weighted by Gasteiger charge is -2.15. The van der Waals surface area contributed by atoms with Crippen LogP contribution in [-0.2, 0) is 9.53 Å². The number of rotatable bonds is 5. The average Bonchev–Trinajstić information content (AvgIpc) is 3.09. The minimum absolute atomic E-state index is 0.158. The summed E-state index contributed by atoms with van der Waals surface area (Å²) >= 11 is 0. The number of para-hydroxylation sites is 1. The summed E-state index contributed by atoms with van der Waals surface area (Å²) < 4.78 is 15.7. The Hall–Kier alpha value is -3.22. The van der Waals surface area contributed by atoms with Crippen molar-refractivity contribution in [2.45, 2.75) is 13.0 Å². The molecule has 0 aliphatic carbocycles. The van der Waals surface area contributed by atoms with E-state index in [2.05, 4.69) is 10.6 Å². The second-order valence-corrected chi connectivity index (χ2v) is 5.40. The number of nitrogens with one attached hydrogen (secondary N) is 2. The van der Waals surface area contributed by atoms with Gasteiger partial charge < -0.3 is 24.8 Å². The highest BCUT2D eigenvalue weighted by molar-refractivity contribution is 5.99. The number of esters is 1. The molecule has 0 saturated heterocycles. The maximum atomic E-state index is 12.3. The molecule has 2 aromatic carbocycles. The highest BCUT2D eigenvalue weighted by atomic mass is 16.7. The number of fused-ring (bicyclic) bond motifs is 1. The molecule has 130 valence electrons. The van der Waals surface area contributed by atoms with Crippen LogP contribution in [0.4, 0.5) is 11.4 Å². The Balaban J connectivity index is 1.63. The summed E-state index contributed by atoms with van der Waals surface area (Å²) in [6, 6.07) is 12.0. The normalized spacial score (nSPS) is 13.0. The van der Waals surface area contributed by atoms with Gasteiger partial charge in [0.15, 0.2) is 17.6 Å². The summed E-state index contributed by atoms with van der Waals surface area (Å²) in [7, 11) is 1.71. The maximum absolute atomic E-state index is 12.3. The zero-order chi connectivity index (χ0) is 17.8. The molecule has 1 heterocycles. The van der Waals surface area contributed by atoms with E-state index < -0.39 is 18.0 Å². The summed E-state index contributed by atoms with van der Waals surface area (Å²) in [6.07, 6.45) is -0.956. The molecule has 1 atom stereocenters. The minimum Gasteiger partial charge on any atom is -0.454 e. The fourth-order valence-corrected chi connectivity index (χ4v) is 2.37. The van der Waals surface area contributed by atoms with Gasteiger partial charge in [-0.05, 0) is 31.2 Å². The van der Waals surface area contributed by atoms with Gasteiger partial charge in [0.25, 0.3) is 5.91 Å². The van der Waals surface area contributed by atoms with E-state index in [1.807, 2.05) is 0 Å². The van der Waals surface area contributed by atoms with Crippen molar-refractivity contribution in [2.75, 3.05) is 24.5 Å². The van der Waals surface area contributed by atoms with E-state index in [0.29, 0.717) is 28.4 Å². The predicted molar refractivity (Wildman–Crippen MR) is 92.1 cm³/mol. The van der Waals surface area contributed by atoms with Crippen LogP contribution in [0.25, 0.3) is 0 Å². The Bertz CT molecular complexity index is 806.